The van der Waals surface area contributed by atoms with Gasteiger partial charge in [-0.25, -0.2) is 4.39 Å². The van der Waals surface area contributed by atoms with E-state index < -0.39 is 0 Å². The molecule has 0 spiro atoms. The van der Waals surface area contributed by atoms with E-state index in [0.29, 0.717) is 17.4 Å². The molecule has 0 atom stereocenters. The molecule has 14 heavy (non-hydrogen) atoms. The molecular formula is C11H13FO2. The van der Waals surface area contributed by atoms with Crippen molar-refractivity contribution >= 4 is 6.29 Å². The summed E-state index contributed by atoms with van der Waals surface area (Å²) >= 11 is 0. The van der Waals surface area contributed by atoms with Crippen LogP contribution in [0.1, 0.15) is 29.8 Å². The Morgan fingerprint density at radius 2 is 2.21 bits per heavy atom. The van der Waals surface area contributed by atoms with Crippen LogP contribution in [0.5, 0.6) is 0 Å². The highest BCUT2D eigenvalue weighted by Gasteiger charge is 2.04. The van der Waals surface area contributed by atoms with Gasteiger partial charge in [0.05, 0.1) is 12.7 Å². The summed E-state index contributed by atoms with van der Waals surface area (Å²) in [5.74, 6) is -0.349. The zero-order valence-electron chi connectivity index (χ0n) is 8.29. The minimum absolute atomic E-state index is 0.0674. The molecule has 2 nitrogen and oxygen atoms in total. The van der Waals surface area contributed by atoms with Crippen molar-refractivity contribution in [1.82, 2.24) is 0 Å². The van der Waals surface area contributed by atoms with E-state index in [4.69, 9.17) is 4.74 Å². The van der Waals surface area contributed by atoms with Gasteiger partial charge in [0.25, 0.3) is 0 Å². The zero-order chi connectivity index (χ0) is 10.6. The van der Waals surface area contributed by atoms with Gasteiger partial charge in [-0.3, -0.25) is 4.79 Å². The van der Waals surface area contributed by atoms with Crippen LogP contribution in [0.4, 0.5) is 4.39 Å². The maximum absolute atomic E-state index is 12.8. The Hall–Kier alpha value is -1.22. The smallest absolute Gasteiger partial charge is 0.150 e. The van der Waals surface area contributed by atoms with E-state index >= 15 is 0 Å². The van der Waals surface area contributed by atoms with Crippen LogP contribution in [-0.4, -0.2) is 12.4 Å². The van der Waals surface area contributed by atoms with E-state index in [1.54, 1.807) is 0 Å². The third kappa shape index (κ3) is 2.92. The molecule has 0 heterocycles. The van der Waals surface area contributed by atoms with Crippen LogP contribution in [-0.2, 0) is 11.3 Å². The predicted molar refractivity (Wildman–Crippen MR) is 51.7 cm³/mol. The second-order valence-corrected chi connectivity index (χ2v) is 3.32. The molecule has 76 valence electrons. The summed E-state index contributed by atoms with van der Waals surface area (Å²) < 4.78 is 18.1. The second-order valence-electron chi connectivity index (χ2n) is 3.32. The van der Waals surface area contributed by atoms with Crippen molar-refractivity contribution in [3.05, 3.63) is 35.1 Å². The molecule has 0 aromatic heterocycles. The lowest BCUT2D eigenvalue weighted by molar-refractivity contribution is 0.0649. The van der Waals surface area contributed by atoms with E-state index in [1.807, 2.05) is 13.8 Å². The van der Waals surface area contributed by atoms with E-state index in [1.165, 1.54) is 18.2 Å². The van der Waals surface area contributed by atoms with Gasteiger partial charge >= 0.3 is 0 Å². The van der Waals surface area contributed by atoms with Crippen molar-refractivity contribution in [2.24, 2.45) is 0 Å². The largest absolute Gasteiger partial charge is 0.374 e. The van der Waals surface area contributed by atoms with Crippen LogP contribution in [0.3, 0.4) is 0 Å². The quantitative estimate of drug-likeness (QED) is 0.692. The highest BCUT2D eigenvalue weighted by Crippen LogP contribution is 2.11. The van der Waals surface area contributed by atoms with E-state index in [9.17, 15) is 9.18 Å². The fourth-order valence-electron chi connectivity index (χ4n) is 1.07. The first-order valence-electron chi connectivity index (χ1n) is 4.48. The van der Waals surface area contributed by atoms with Gasteiger partial charge < -0.3 is 4.74 Å². The van der Waals surface area contributed by atoms with Gasteiger partial charge in [-0.05, 0) is 37.6 Å². The Morgan fingerprint density at radius 3 is 2.79 bits per heavy atom. The summed E-state index contributed by atoms with van der Waals surface area (Å²) in [6.45, 7) is 4.04. The molecule has 0 amide bonds. The van der Waals surface area contributed by atoms with Gasteiger partial charge in [-0.2, -0.15) is 0 Å². The first kappa shape index (κ1) is 10.9. The van der Waals surface area contributed by atoms with Crippen molar-refractivity contribution < 1.29 is 13.9 Å². The molecule has 0 aliphatic heterocycles. The van der Waals surface area contributed by atoms with Crippen LogP contribution in [0.2, 0.25) is 0 Å². The fraction of sp³-hybridized carbons (Fsp3) is 0.364. The number of carbonyl (C=O) groups is 1. The molecule has 1 aromatic rings. The van der Waals surface area contributed by atoms with Crippen molar-refractivity contribution in [2.45, 2.75) is 26.6 Å². The molecule has 1 aromatic carbocycles. The first-order chi connectivity index (χ1) is 6.63. The van der Waals surface area contributed by atoms with Crippen molar-refractivity contribution in [3.63, 3.8) is 0 Å². The van der Waals surface area contributed by atoms with Gasteiger partial charge in [-0.15, -0.1) is 0 Å². The van der Waals surface area contributed by atoms with Crippen LogP contribution >= 0.6 is 0 Å². The Balaban J connectivity index is 2.82. The SMILES string of the molecule is CC(C)OCc1cc(F)ccc1C=O. The average Bonchev–Trinajstić information content (AvgIpc) is 2.15. The zero-order valence-corrected chi connectivity index (χ0v) is 8.29. The number of carbonyl (C=O) groups excluding carboxylic acids is 1. The monoisotopic (exact) mass is 196 g/mol. The maximum atomic E-state index is 12.8. The van der Waals surface area contributed by atoms with Crippen molar-refractivity contribution in [1.29, 1.82) is 0 Å². The molecule has 3 heteroatoms. The second kappa shape index (κ2) is 4.86. The van der Waals surface area contributed by atoms with Crippen LogP contribution in [0, 0.1) is 5.82 Å². The van der Waals surface area contributed by atoms with Crippen LogP contribution in [0.25, 0.3) is 0 Å². The minimum Gasteiger partial charge on any atom is -0.374 e. The molecule has 0 unspecified atom stereocenters. The van der Waals surface area contributed by atoms with Crippen molar-refractivity contribution in [3.8, 4) is 0 Å². The fourth-order valence-corrected chi connectivity index (χ4v) is 1.07. The number of rotatable bonds is 4. The topological polar surface area (TPSA) is 26.3 Å². The summed E-state index contributed by atoms with van der Waals surface area (Å²) in [5.41, 5.74) is 1.07. The third-order valence-electron chi connectivity index (χ3n) is 1.80. The summed E-state index contributed by atoms with van der Waals surface area (Å²) in [6.07, 6.45) is 0.774. The average molecular weight is 196 g/mol. The molecule has 0 bridgehead atoms. The van der Waals surface area contributed by atoms with Crippen LogP contribution in [0.15, 0.2) is 18.2 Å². The van der Waals surface area contributed by atoms with E-state index in [2.05, 4.69) is 0 Å². The summed E-state index contributed by atoms with van der Waals surface area (Å²) in [7, 11) is 0. The molecule has 1 rings (SSSR count). The van der Waals surface area contributed by atoms with E-state index in [-0.39, 0.29) is 18.5 Å². The van der Waals surface area contributed by atoms with Gasteiger partial charge in [0, 0.05) is 5.56 Å². The molecule has 0 aliphatic rings. The normalized spacial score (nSPS) is 10.6. The standard InChI is InChI=1S/C11H13FO2/c1-8(2)14-7-10-5-11(12)4-3-9(10)6-13/h3-6,8H,7H2,1-2H3. The number of hydrogen-bond donors (Lipinski definition) is 0. The Bertz CT molecular complexity index is 321. The number of ether oxygens (including phenoxy) is 1. The lowest BCUT2D eigenvalue weighted by Crippen LogP contribution is -2.04. The lowest BCUT2D eigenvalue weighted by atomic mass is 10.1. The Labute approximate surface area is 82.7 Å². The molecule has 0 fully saturated rings. The summed E-state index contributed by atoms with van der Waals surface area (Å²) in [6, 6.07) is 4.05. The molecular weight excluding hydrogens is 183 g/mol. The van der Waals surface area contributed by atoms with Crippen LogP contribution < -0.4 is 0 Å². The molecule has 0 aliphatic carbocycles. The molecule has 0 N–H and O–H groups in total. The Morgan fingerprint density at radius 1 is 1.50 bits per heavy atom. The number of aldehydes is 1. The van der Waals surface area contributed by atoms with E-state index in [0.717, 1.165) is 0 Å². The highest BCUT2D eigenvalue weighted by molar-refractivity contribution is 5.77. The van der Waals surface area contributed by atoms with Gasteiger partial charge in [-0.1, -0.05) is 0 Å². The number of hydrogen-bond acceptors (Lipinski definition) is 2. The molecule has 0 saturated carbocycles. The van der Waals surface area contributed by atoms with Gasteiger partial charge in [0.1, 0.15) is 12.1 Å². The van der Waals surface area contributed by atoms with Gasteiger partial charge in [0.15, 0.2) is 0 Å². The summed E-state index contributed by atoms with van der Waals surface area (Å²) in [5, 5.41) is 0. The summed E-state index contributed by atoms with van der Waals surface area (Å²) in [4.78, 5) is 10.6. The molecule has 0 saturated heterocycles. The number of benzene rings is 1. The third-order valence-corrected chi connectivity index (χ3v) is 1.80. The minimum atomic E-state index is -0.349. The first-order valence-corrected chi connectivity index (χ1v) is 4.48. The molecule has 0 radical (unpaired) electrons. The lowest BCUT2D eigenvalue weighted by Gasteiger charge is -2.09. The maximum Gasteiger partial charge on any atom is 0.150 e. The highest BCUT2D eigenvalue weighted by atomic mass is 19.1. The Kier molecular flexibility index (Phi) is 3.77. The van der Waals surface area contributed by atoms with Gasteiger partial charge in [0.2, 0.25) is 0 Å². The number of halogens is 1. The predicted octanol–water partition coefficient (Wildman–Crippen LogP) is 2.56. The van der Waals surface area contributed by atoms with Crippen molar-refractivity contribution in [2.75, 3.05) is 0 Å².